The lowest BCUT2D eigenvalue weighted by Crippen LogP contribution is -2.46. The van der Waals surface area contributed by atoms with Crippen LogP contribution in [-0.4, -0.2) is 46.9 Å². The molecule has 0 rings (SSSR count). The van der Waals surface area contributed by atoms with E-state index < -0.39 is 18.2 Å². The van der Waals surface area contributed by atoms with Gasteiger partial charge in [-0.25, -0.2) is 0 Å². The average molecular weight is 882 g/mol. The molecule has 0 saturated carbocycles. The highest BCUT2D eigenvalue weighted by atomic mass is 16.5. The molecular weight excluding hydrogens is 779 g/mol. The highest BCUT2D eigenvalue weighted by molar-refractivity contribution is 5.77. The van der Waals surface area contributed by atoms with Crippen LogP contribution in [0.4, 0.5) is 0 Å². The van der Waals surface area contributed by atoms with E-state index in [2.05, 4.69) is 86.8 Å². The van der Waals surface area contributed by atoms with Crippen molar-refractivity contribution >= 4 is 11.9 Å². The van der Waals surface area contributed by atoms with Crippen LogP contribution in [0.5, 0.6) is 0 Å². The molecule has 0 bridgehead atoms. The lowest BCUT2D eigenvalue weighted by Gasteiger charge is -2.24. The third kappa shape index (κ3) is 45.9. The molecule has 3 atom stereocenters. The molecule has 366 valence electrons. The predicted molar refractivity (Wildman–Crippen MR) is 273 cm³/mol. The Morgan fingerprint density at radius 2 is 0.937 bits per heavy atom. The van der Waals surface area contributed by atoms with Gasteiger partial charge in [0.05, 0.1) is 25.2 Å². The first-order valence-corrected chi connectivity index (χ1v) is 27.0. The van der Waals surface area contributed by atoms with Crippen LogP contribution in [-0.2, 0) is 14.3 Å². The molecule has 6 nitrogen and oxygen atoms in total. The zero-order chi connectivity index (χ0) is 45.9. The number of allylic oxidation sites excluding steroid dienone is 10. The van der Waals surface area contributed by atoms with Crippen molar-refractivity contribution in [1.82, 2.24) is 5.32 Å². The number of unbranched alkanes of at least 4 members (excludes halogenated alkanes) is 28. The topological polar surface area (TPSA) is 95.9 Å². The van der Waals surface area contributed by atoms with E-state index in [4.69, 9.17) is 4.74 Å². The van der Waals surface area contributed by atoms with Crippen LogP contribution in [0, 0.1) is 0 Å². The summed E-state index contributed by atoms with van der Waals surface area (Å²) in [5.41, 5.74) is 0. The summed E-state index contributed by atoms with van der Waals surface area (Å²) in [4.78, 5) is 26.2. The average Bonchev–Trinajstić information content (AvgIpc) is 3.28. The number of amides is 1. The lowest BCUT2D eigenvalue weighted by atomic mass is 10.0. The zero-order valence-corrected chi connectivity index (χ0v) is 41.7. The van der Waals surface area contributed by atoms with Crippen molar-refractivity contribution in [3.63, 3.8) is 0 Å². The van der Waals surface area contributed by atoms with E-state index in [0.717, 1.165) is 103 Å². The number of nitrogens with one attached hydrogen (secondary N) is 1. The SMILES string of the molecule is CC/C=C/C=C/C=C/CCCCCCCC(CC(=O)NC(CO)C(O)CCCCCCCCCCCCCCCCCCC)OC(=O)CCCCCCCCC/C=C/C/C=C/CC. The van der Waals surface area contributed by atoms with Crippen LogP contribution in [0.25, 0.3) is 0 Å². The molecule has 3 unspecified atom stereocenters. The van der Waals surface area contributed by atoms with Crippen molar-refractivity contribution < 1.29 is 24.5 Å². The highest BCUT2D eigenvalue weighted by Gasteiger charge is 2.24. The maximum Gasteiger partial charge on any atom is 0.306 e. The van der Waals surface area contributed by atoms with Gasteiger partial charge in [-0.1, -0.05) is 242 Å². The third-order valence-electron chi connectivity index (χ3n) is 12.2. The first-order valence-electron chi connectivity index (χ1n) is 27.0. The van der Waals surface area contributed by atoms with Crippen LogP contribution >= 0.6 is 0 Å². The second-order valence-electron chi connectivity index (χ2n) is 18.3. The second-order valence-corrected chi connectivity index (χ2v) is 18.3. The van der Waals surface area contributed by atoms with E-state index in [1.807, 2.05) is 0 Å². The Morgan fingerprint density at radius 1 is 0.492 bits per heavy atom. The van der Waals surface area contributed by atoms with Crippen molar-refractivity contribution in [2.75, 3.05) is 6.61 Å². The number of carbonyl (C=O) groups excluding carboxylic acids is 2. The number of esters is 1. The number of ether oxygens (including phenoxy) is 1. The zero-order valence-electron chi connectivity index (χ0n) is 41.7. The summed E-state index contributed by atoms with van der Waals surface area (Å²) in [6, 6.07) is -0.711. The summed E-state index contributed by atoms with van der Waals surface area (Å²) >= 11 is 0. The summed E-state index contributed by atoms with van der Waals surface area (Å²) in [6.07, 6.45) is 62.8. The summed E-state index contributed by atoms with van der Waals surface area (Å²) < 4.78 is 5.93. The van der Waals surface area contributed by atoms with E-state index in [9.17, 15) is 19.8 Å². The Labute approximate surface area is 390 Å². The highest BCUT2D eigenvalue weighted by Crippen LogP contribution is 2.18. The van der Waals surface area contributed by atoms with Crippen LogP contribution in [0.2, 0.25) is 0 Å². The molecule has 0 heterocycles. The van der Waals surface area contributed by atoms with E-state index >= 15 is 0 Å². The molecule has 0 aliphatic heterocycles. The van der Waals surface area contributed by atoms with E-state index in [1.165, 1.54) is 116 Å². The third-order valence-corrected chi connectivity index (χ3v) is 12.2. The molecule has 0 aromatic carbocycles. The van der Waals surface area contributed by atoms with Gasteiger partial charge >= 0.3 is 5.97 Å². The van der Waals surface area contributed by atoms with Crippen LogP contribution < -0.4 is 5.32 Å². The number of aliphatic hydroxyl groups excluding tert-OH is 2. The van der Waals surface area contributed by atoms with Gasteiger partial charge in [-0.3, -0.25) is 9.59 Å². The quantitative estimate of drug-likeness (QED) is 0.0245. The van der Waals surface area contributed by atoms with Crippen molar-refractivity contribution in [3.8, 4) is 0 Å². The second kappa shape index (κ2) is 50.6. The molecule has 3 N–H and O–H groups in total. The lowest BCUT2D eigenvalue weighted by molar-refractivity contribution is -0.151. The molecule has 0 aromatic rings. The molecule has 0 spiro atoms. The van der Waals surface area contributed by atoms with Crippen molar-refractivity contribution in [2.24, 2.45) is 0 Å². The number of hydrogen-bond acceptors (Lipinski definition) is 5. The molecule has 0 fully saturated rings. The molecule has 0 aromatic heterocycles. The Morgan fingerprint density at radius 3 is 1.46 bits per heavy atom. The normalized spacial score (nSPS) is 13.7. The van der Waals surface area contributed by atoms with Gasteiger partial charge in [0.15, 0.2) is 0 Å². The molecule has 1 amide bonds. The van der Waals surface area contributed by atoms with Gasteiger partial charge in [0, 0.05) is 6.42 Å². The standard InChI is InChI=1S/C57H103NO5/c1-4-7-10-13-16-19-22-25-27-28-29-31-34-37-40-43-46-49-55(60)54(52-59)58-56(61)51-53(48-45-42-39-36-33-30-24-21-18-15-12-9-6-3)63-57(62)50-47-44-41-38-35-32-26-23-20-17-14-11-8-5-2/h8-9,11-12,15,17-18,20-21,24,53-55,59-60H,4-7,10,13-14,16,19,22-23,25-52H2,1-3H3,(H,58,61)/b11-8+,12-9+,18-15+,20-17+,24-21+. The van der Waals surface area contributed by atoms with E-state index in [-0.39, 0.29) is 24.9 Å². The molecule has 6 heteroatoms. The number of rotatable bonds is 48. The van der Waals surface area contributed by atoms with Crippen molar-refractivity contribution in [2.45, 2.75) is 283 Å². The predicted octanol–water partition coefficient (Wildman–Crippen LogP) is 16.4. The molecule has 0 radical (unpaired) electrons. The van der Waals surface area contributed by atoms with E-state index in [0.29, 0.717) is 19.3 Å². The number of aliphatic hydroxyl groups is 2. The van der Waals surface area contributed by atoms with Gasteiger partial charge in [0.1, 0.15) is 6.10 Å². The first-order chi connectivity index (χ1) is 31.0. The maximum absolute atomic E-state index is 13.2. The Kier molecular flexibility index (Phi) is 48.6. The minimum Gasteiger partial charge on any atom is -0.462 e. The van der Waals surface area contributed by atoms with Gasteiger partial charge in [0.25, 0.3) is 0 Å². The van der Waals surface area contributed by atoms with Gasteiger partial charge < -0.3 is 20.3 Å². The Balaban J connectivity index is 4.53. The fourth-order valence-corrected chi connectivity index (χ4v) is 8.12. The van der Waals surface area contributed by atoms with Gasteiger partial charge in [-0.15, -0.1) is 0 Å². The summed E-state index contributed by atoms with van der Waals surface area (Å²) in [7, 11) is 0. The molecule has 63 heavy (non-hydrogen) atoms. The smallest absolute Gasteiger partial charge is 0.306 e. The van der Waals surface area contributed by atoms with Crippen LogP contribution in [0.1, 0.15) is 265 Å². The fraction of sp³-hybridized carbons (Fsp3) is 0.789. The summed E-state index contributed by atoms with van der Waals surface area (Å²) in [5, 5.41) is 23.8. The van der Waals surface area contributed by atoms with Gasteiger partial charge in [-0.2, -0.15) is 0 Å². The van der Waals surface area contributed by atoms with E-state index in [1.54, 1.807) is 0 Å². The monoisotopic (exact) mass is 882 g/mol. The Bertz CT molecular complexity index is 1130. The minimum atomic E-state index is -0.796. The molecule has 0 aliphatic rings. The fourth-order valence-electron chi connectivity index (χ4n) is 8.12. The first kappa shape index (κ1) is 60.6. The largest absolute Gasteiger partial charge is 0.462 e. The Hall–Kier alpha value is -2.44. The number of hydrogen-bond donors (Lipinski definition) is 3. The van der Waals surface area contributed by atoms with Gasteiger partial charge in [-0.05, 0) is 70.6 Å². The maximum atomic E-state index is 13.2. The molecule has 0 aliphatic carbocycles. The number of carbonyl (C=O) groups is 2. The van der Waals surface area contributed by atoms with Gasteiger partial charge in [0.2, 0.25) is 5.91 Å². The summed E-state index contributed by atoms with van der Waals surface area (Å²) in [6.45, 7) is 6.26. The van der Waals surface area contributed by atoms with Crippen molar-refractivity contribution in [3.05, 3.63) is 60.8 Å². The van der Waals surface area contributed by atoms with Crippen LogP contribution in [0.15, 0.2) is 60.8 Å². The molecule has 0 saturated heterocycles. The molecular formula is C57H103NO5. The minimum absolute atomic E-state index is 0.0600. The van der Waals surface area contributed by atoms with Crippen molar-refractivity contribution in [1.29, 1.82) is 0 Å². The van der Waals surface area contributed by atoms with Crippen LogP contribution in [0.3, 0.4) is 0 Å². The summed E-state index contributed by atoms with van der Waals surface area (Å²) in [5.74, 6) is -0.500.